The summed E-state index contributed by atoms with van der Waals surface area (Å²) in [6, 6.07) is 5.05. The molecule has 7 heteroatoms. The van der Waals surface area contributed by atoms with Gasteiger partial charge in [-0.15, -0.1) is 0 Å². The summed E-state index contributed by atoms with van der Waals surface area (Å²) < 4.78 is 35.0. The molecule has 1 unspecified atom stereocenters. The van der Waals surface area contributed by atoms with Crippen LogP contribution in [0.25, 0.3) is 11.1 Å². The van der Waals surface area contributed by atoms with Crippen LogP contribution in [0.2, 0.25) is 0 Å². The Labute approximate surface area is 116 Å². The summed E-state index contributed by atoms with van der Waals surface area (Å²) in [5, 5.41) is 0. The van der Waals surface area contributed by atoms with E-state index in [1.54, 1.807) is 18.2 Å². The summed E-state index contributed by atoms with van der Waals surface area (Å²) in [6.07, 6.45) is 1.52. The SMILES string of the molecule is Nc1ccc2nc(CS(=O)(=O)CC3CCCO3)oc2c1. The van der Waals surface area contributed by atoms with Gasteiger partial charge in [-0.1, -0.05) is 0 Å². The van der Waals surface area contributed by atoms with Crippen LogP contribution in [0.1, 0.15) is 18.7 Å². The lowest BCUT2D eigenvalue weighted by atomic mass is 10.3. The van der Waals surface area contributed by atoms with E-state index in [9.17, 15) is 8.42 Å². The maximum atomic E-state index is 12.1. The average Bonchev–Trinajstić information content (AvgIpc) is 2.96. The molecule has 108 valence electrons. The highest BCUT2D eigenvalue weighted by Crippen LogP contribution is 2.21. The van der Waals surface area contributed by atoms with Gasteiger partial charge in [-0.05, 0) is 25.0 Å². The van der Waals surface area contributed by atoms with Gasteiger partial charge in [-0.2, -0.15) is 0 Å². The van der Waals surface area contributed by atoms with Crippen molar-refractivity contribution in [1.29, 1.82) is 0 Å². The maximum Gasteiger partial charge on any atom is 0.210 e. The first kappa shape index (κ1) is 13.4. The second-order valence-electron chi connectivity index (χ2n) is 5.02. The van der Waals surface area contributed by atoms with Gasteiger partial charge in [0, 0.05) is 18.4 Å². The van der Waals surface area contributed by atoms with Gasteiger partial charge in [-0.25, -0.2) is 13.4 Å². The summed E-state index contributed by atoms with van der Waals surface area (Å²) in [4.78, 5) is 4.17. The second kappa shape index (κ2) is 5.06. The van der Waals surface area contributed by atoms with Gasteiger partial charge in [0.25, 0.3) is 0 Å². The fraction of sp³-hybridized carbons (Fsp3) is 0.462. The quantitative estimate of drug-likeness (QED) is 0.859. The molecule has 0 saturated carbocycles. The summed E-state index contributed by atoms with van der Waals surface area (Å²) in [7, 11) is -3.29. The minimum atomic E-state index is -3.29. The number of nitrogens with zero attached hydrogens (tertiary/aromatic N) is 1. The van der Waals surface area contributed by atoms with E-state index < -0.39 is 9.84 Å². The predicted molar refractivity (Wildman–Crippen MR) is 74.9 cm³/mol. The molecule has 1 aliphatic heterocycles. The van der Waals surface area contributed by atoms with Crippen LogP contribution in [-0.2, 0) is 20.3 Å². The van der Waals surface area contributed by atoms with E-state index in [-0.39, 0.29) is 23.5 Å². The number of sulfone groups is 1. The monoisotopic (exact) mass is 296 g/mol. The van der Waals surface area contributed by atoms with E-state index in [1.165, 1.54) is 0 Å². The van der Waals surface area contributed by atoms with Crippen molar-refractivity contribution < 1.29 is 17.6 Å². The van der Waals surface area contributed by atoms with Crippen LogP contribution in [0.15, 0.2) is 22.6 Å². The van der Waals surface area contributed by atoms with Crippen LogP contribution in [0, 0.1) is 0 Å². The van der Waals surface area contributed by atoms with Crippen LogP contribution >= 0.6 is 0 Å². The first-order valence-corrected chi connectivity index (χ1v) is 8.31. The normalized spacial score (nSPS) is 19.7. The Kier molecular flexibility index (Phi) is 3.39. The molecule has 0 bridgehead atoms. The zero-order chi connectivity index (χ0) is 14.2. The molecule has 1 atom stereocenters. The van der Waals surface area contributed by atoms with Gasteiger partial charge in [0.1, 0.15) is 11.3 Å². The molecule has 2 heterocycles. The number of hydrogen-bond acceptors (Lipinski definition) is 6. The minimum absolute atomic E-state index is 0.0217. The molecule has 1 saturated heterocycles. The smallest absolute Gasteiger partial charge is 0.210 e. The van der Waals surface area contributed by atoms with Crippen molar-refractivity contribution in [2.75, 3.05) is 18.1 Å². The van der Waals surface area contributed by atoms with E-state index in [4.69, 9.17) is 14.9 Å². The van der Waals surface area contributed by atoms with Crippen molar-refractivity contribution in [3.8, 4) is 0 Å². The predicted octanol–water partition coefficient (Wildman–Crippen LogP) is 1.50. The molecule has 3 rings (SSSR count). The second-order valence-corrected chi connectivity index (χ2v) is 7.13. The molecule has 0 amide bonds. The Morgan fingerprint density at radius 1 is 1.40 bits per heavy atom. The maximum absolute atomic E-state index is 12.1. The highest BCUT2D eigenvalue weighted by Gasteiger charge is 2.25. The third-order valence-corrected chi connectivity index (χ3v) is 4.83. The van der Waals surface area contributed by atoms with Crippen molar-refractivity contribution in [2.45, 2.75) is 24.7 Å². The van der Waals surface area contributed by atoms with E-state index in [1.807, 2.05) is 0 Å². The Balaban J connectivity index is 1.77. The van der Waals surface area contributed by atoms with Gasteiger partial charge in [0.2, 0.25) is 5.89 Å². The largest absolute Gasteiger partial charge is 0.440 e. The van der Waals surface area contributed by atoms with Crippen LogP contribution in [0.3, 0.4) is 0 Å². The zero-order valence-corrected chi connectivity index (χ0v) is 11.7. The molecule has 20 heavy (non-hydrogen) atoms. The third kappa shape index (κ3) is 2.94. The number of anilines is 1. The number of nitrogen functional groups attached to an aromatic ring is 1. The lowest BCUT2D eigenvalue weighted by molar-refractivity contribution is 0.127. The molecule has 1 aliphatic rings. The summed E-state index contributed by atoms with van der Waals surface area (Å²) in [5.41, 5.74) is 7.32. The van der Waals surface area contributed by atoms with E-state index in [2.05, 4.69) is 4.98 Å². The molecule has 0 radical (unpaired) electrons. The van der Waals surface area contributed by atoms with Crippen molar-refractivity contribution >= 4 is 26.6 Å². The van der Waals surface area contributed by atoms with Crippen LogP contribution < -0.4 is 5.73 Å². The van der Waals surface area contributed by atoms with Gasteiger partial charge >= 0.3 is 0 Å². The Morgan fingerprint density at radius 2 is 2.25 bits per heavy atom. The van der Waals surface area contributed by atoms with Gasteiger partial charge in [0.15, 0.2) is 15.4 Å². The van der Waals surface area contributed by atoms with Gasteiger partial charge < -0.3 is 14.9 Å². The minimum Gasteiger partial charge on any atom is -0.440 e. The molecular weight excluding hydrogens is 280 g/mol. The number of fused-ring (bicyclic) bond motifs is 1. The molecule has 2 N–H and O–H groups in total. The summed E-state index contributed by atoms with van der Waals surface area (Å²) in [6.45, 7) is 0.641. The van der Waals surface area contributed by atoms with Crippen molar-refractivity contribution in [3.05, 3.63) is 24.1 Å². The van der Waals surface area contributed by atoms with Gasteiger partial charge in [-0.3, -0.25) is 0 Å². The van der Waals surface area contributed by atoms with Crippen molar-refractivity contribution in [2.24, 2.45) is 0 Å². The number of aromatic nitrogens is 1. The average molecular weight is 296 g/mol. The lowest BCUT2D eigenvalue weighted by Gasteiger charge is -2.08. The molecule has 2 aromatic rings. The fourth-order valence-electron chi connectivity index (χ4n) is 2.36. The number of ether oxygens (including phenoxy) is 1. The summed E-state index contributed by atoms with van der Waals surface area (Å²) in [5.74, 6) is 0.0126. The standard InChI is InChI=1S/C13H16N2O4S/c14-9-3-4-11-12(6-9)19-13(15-11)8-20(16,17)7-10-2-1-5-18-10/h3-4,6,10H,1-2,5,7-8,14H2. The zero-order valence-electron chi connectivity index (χ0n) is 10.9. The molecule has 1 aromatic carbocycles. The Hall–Kier alpha value is -1.60. The molecular formula is C13H16N2O4S. The van der Waals surface area contributed by atoms with Crippen LogP contribution in [0.5, 0.6) is 0 Å². The lowest BCUT2D eigenvalue weighted by Crippen LogP contribution is -2.21. The molecule has 6 nitrogen and oxygen atoms in total. The first-order chi connectivity index (χ1) is 9.52. The number of nitrogens with two attached hydrogens (primary N) is 1. The number of hydrogen-bond donors (Lipinski definition) is 1. The van der Waals surface area contributed by atoms with E-state index >= 15 is 0 Å². The van der Waals surface area contributed by atoms with E-state index in [0.717, 1.165) is 12.8 Å². The summed E-state index contributed by atoms with van der Waals surface area (Å²) >= 11 is 0. The highest BCUT2D eigenvalue weighted by atomic mass is 32.2. The van der Waals surface area contributed by atoms with Gasteiger partial charge in [0.05, 0.1) is 11.9 Å². The van der Waals surface area contributed by atoms with E-state index in [0.29, 0.717) is 23.4 Å². The van der Waals surface area contributed by atoms with Crippen LogP contribution in [0.4, 0.5) is 5.69 Å². The van der Waals surface area contributed by atoms with Crippen LogP contribution in [-0.4, -0.2) is 31.9 Å². The van der Waals surface area contributed by atoms with Crippen molar-refractivity contribution in [3.63, 3.8) is 0 Å². The third-order valence-electron chi connectivity index (χ3n) is 3.26. The first-order valence-electron chi connectivity index (χ1n) is 6.49. The topological polar surface area (TPSA) is 95.4 Å². The fourth-order valence-corrected chi connectivity index (χ4v) is 3.80. The molecule has 1 fully saturated rings. The molecule has 0 aliphatic carbocycles. The van der Waals surface area contributed by atoms with Crippen molar-refractivity contribution in [1.82, 2.24) is 4.98 Å². The number of oxazole rings is 1. The number of benzene rings is 1. The molecule has 1 aromatic heterocycles. The Morgan fingerprint density at radius 3 is 3.00 bits per heavy atom. The Bertz CT molecular complexity index is 717. The number of rotatable bonds is 4. The molecule has 0 spiro atoms. The highest BCUT2D eigenvalue weighted by molar-refractivity contribution is 7.90.